The number of nitrogens with zero attached hydrogens (tertiary/aromatic N) is 1. The highest BCUT2D eigenvalue weighted by molar-refractivity contribution is 6.30. The molecule has 2 aromatic carbocycles. The van der Waals surface area contributed by atoms with Gasteiger partial charge in [0.2, 0.25) is 0 Å². The first-order valence-corrected chi connectivity index (χ1v) is 6.42. The fourth-order valence-corrected chi connectivity index (χ4v) is 1.80. The van der Waals surface area contributed by atoms with Crippen molar-refractivity contribution < 1.29 is 9.13 Å². The first-order chi connectivity index (χ1) is 9.10. The minimum Gasteiger partial charge on any atom is -0.455 e. The predicted octanol–water partition coefficient (Wildman–Crippen LogP) is 4.73. The molecular formula is C15H15ClFNO. The smallest absolute Gasteiger partial charge is 0.150 e. The van der Waals surface area contributed by atoms with E-state index in [1.165, 1.54) is 12.1 Å². The molecule has 0 N–H and O–H groups in total. The molecule has 0 amide bonds. The van der Waals surface area contributed by atoms with Gasteiger partial charge in [0.25, 0.3) is 0 Å². The molecule has 0 unspecified atom stereocenters. The van der Waals surface area contributed by atoms with Crippen molar-refractivity contribution in [1.82, 2.24) is 0 Å². The molecule has 0 aromatic heterocycles. The second kappa shape index (κ2) is 5.93. The summed E-state index contributed by atoms with van der Waals surface area (Å²) in [5, 5.41) is 0.650. The minimum atomic E-state index is -0.279. The summed E-state index contributed by atoms with van der Waals surface area (Å²) in [6.07, 6.45) is 0. The number of benzene rings is 2. The maximum Gasteiger partial charge on any atom is 0.150 e. The fourth-order valence-electron chi connectivity index (χ4n) is 1.68. The topological polar surface area (TPSA) is 12.5 Å². The Morgan fingerprint density at radius 2 is 1.84 bits per heavy atom. The SMILES string of the molecule is CCN(C)c1cc(F)ccc1Oc1ccc(Cl)cc1. The number of anilines is 1. The zero-order valence-electron chi connectivity index (χ0n) is 10.9. The molecule has 100 valence electrons. The van der Waals surface area contributed by atoms with Crippen LogP contribution in [0.4, 0.5) is 10.1 Å². The van der Waals surface area contributed by atoms with Crippen molar-refractivity contribution in [3.05, 3.63) is 53.3 Å². The van der Waals surface area contributed by atoms with Crippen LogP contribution in [0.1, 0.15) is 6.92 Å². The second-order valence-corrected chi connectivity index (χ2v) is 4.62. The summed E-state index contributed by atoms with van der Waals surface area (Å²) in [6, 6.07) is 11.6. The Morgan fingerprint density at radius 3 is 2.47 bits per heavy atom. The Morgan fingerprint density at radius 1 is 1.16 bits per heavy atom. The van der Waals surface area contributed by atoms with E-state index >= 15 is 0 Å². The Kier molecular flexibility index (Phi) is 4.27. The van der Waals surface area contributed by atoms with Gasteiger partial charge in [-0.1, -0.05) is 11.6 Å². The van der Waals surface area contributed by atoms with Crippen molar-refractivity contribution in [2.75, 3.05) is 18.5 Å². The average Bonchev–Trinajstić information content (AvgIpc) is 2.42. The summed E-state index contributed by atoms with van der Waals surface area (Å²) in [5.74, 6) is 1.01. The molecule has 0 heterocycles. The van der Waals surface area contributed by atoms with Crippen molar-refractivity contribution in [1.29, 1.82) is 0 Å². The van der Waals surface area contributed by atoms with E-state index in [0.717, 1.165) is 12.2 Å². The van der Waals surface area contributed by atoms with Crippen molar-refractivity contribution in [2.24, 2.45) is 0 Å². The van der Waals surface area contributed by atoms with E-state index < -0.39 is 0 Å². The lowest BCUT2D eigenvalue weighted by Crippen LogP contribution is -2.16. The van der Waals surface area contributed by atoms with Gasteiger partial charge in [0.05, 0.1) is 5.69 Å². The molecule has 0 atom stereocenters. The lowest BCUT2D eigenvalue weighted by Gasteiger charge is -2.20. The third-order valence-corrected chi connectivity index (χ3v) is 3.10. The van der Waals surface area contributed by atoms with E-state index in [1.54, 1.807) is 30.3 Å². The van der Waals surface area contributed by atoms with Crippen molar-refractivity contribution in [3.8, 4) is 11.5 Å². The maximum atomic E-state index is 13.3. The molecular weight excluding hydrogens is 265 g/mol. The maximum absolute atomic E-state index is 13.3. The van der Waals surface area contributed by atoms with Crippen LogP contribution in [0.15, 0.2) is 42.5 Å². The highest BCUT2D eigenvalue weighted by Crippen LogP contribution is 2.32. The quantitative estimate of drug-likeness (QED) is 0.802. The second-order valence-electron chi connectivity index (χ2n) is 4.18. The Hall–Kier alpha value is -1.74. The number of halogens is 2. The molecule has 2 aromatic rings. The summed E-state index contributed by atoms with van der Waals surface area (Å²) in [6.45, 7) is 2.76. The predicted molar refractivity (Wildman–Crippen MR) is 76.9 cm³/mol. The first kappa shape index (κ1) is 13.7. The van der Waals surface area contributed by atoms with Gasteiger partial charge in [-0.3, -0.25) is 0 Å². The van der Waals surface area contributed by atoms with Crippen LogP contribution in [-0.4, -0.2) is 13.6 Å². The normalized spacial score (nSPS) is 10.3. The highest BCUT2D eigenvalue weighted by atomic mass is 35.5. The molecule has 0 aliphatic heterocycles. The van der Waals surface area contributed by atoms with Crippen LogP contribution >= 0.6 is 11.6 Å². The van der Waals surface area contributed by atoms with E-state index in [2.05, 4.69) is 0 Å². The van der Waals surface area contributed by atoms with Gasteiger partial charge in [0, 0.05) is 24.7 Å². The molecule has 0 aliphatic carbocycles. The summed E-state index contributed by atoms with van der Waals surface area (Å²) in [5.41, 5.74) is 0.720. The number of hydrogen-bond donors (Lipinski definition) is 0. The number of rotatable bonds is 4. The van der Waals surface area contributed by atoms with Gasteiger partial charge >= 0.3 is 0 Å². The molecule has 2 rings (SSSR count). The zero-order chi connectivity index (χ0) is 13.8. The molecule has 0 spiro atoms. The minimum absolute atomic E-state index is 0.279. The largest absolute Gasteiger partial charge is 0.455 e. The van der Waals surface area contributed by atoms with E-state index in [4.69, 9.17) is 16.3 Å². The van der Waals surface area contributed by atoms with Crippen LogP contribution < -0.4 is 9.64 Å². The van der Waals surface area contributed by atoms with Crippen molar-refractivity contribution >= 4 is 17.3 Å². The molecule has 4 heteroatoms. The van der Waals surface area contributed by atoms with Gasteiger partial charge in [0.1, 0.15) is 11.6 Å². The third-order valence-electron chi connectivity index (χ3n) is 2.85. The van der Waals surface area contributed by atoms with Crippen LogP contribution in [0.25, 0.3) is 0 Å². The summed E-state index contributed by atoms with van der Waals surface area (Å²) in [4.78, 5) is 1.92. The Labute approximate surface area is 117 Å². The molecule has 0 aliphatic rings. The molecule has 0 saturated carbocycles. The van der Waals surface area contributed by atoms with E-state index in [0.29, 0.717) is 16.5 Å². The molecule has 0 saturated heterocycles. The highest BCUT2D eigenvalue weighted by Gasteiger charge is 2.10. The fraction of sp³-hybridized carbons (Fsp3) is 0.200. The molecule has 0 fully saturated rings. The van der Waals surface area contributed by atoms with Crippen LogP contribution in [0.2, 0.25) is 5.02 Å². The van der Waals surface area contributed by atoms with Gasteiger partial charge in [-0.25, -0.2) is 4.39 Å². The Balaban J connectivity index is 2.31. The summed E-state index contributed by atoms with van der Waals surface area (Å²) < 4.78 is 19.1. The Bertz CT molecular complexity index is 557. The standard InChI is InChI=1S/C15H15ClFNO/c1-3-18(2)14-10-12(17)6-9-15(14)19-13-7-4-11(16)5-8-13/h4-10H,3H2,1-2H3. The summed E-state index contributed by atoms with van der Waals surface area (Å²) in [7, 11) is 1.89. The van der Waals surface area contributed by atoms with Crippen molar-refractivity contribution in [3.63, 3.8) is 0 Å². The summed E-state index contributed by atoms with van der Waals surface area (Å²) >= 11 is 5.83. The van der Waals surface area contributed by atoms with Gasteiger partial charge in [0.15, 0.2) is 5.75 Å². The van der Waals surface area contributed by atoms with E-state index in [9.17, 15) is 4.39 Å². The number of hydrogen-bond acceptors (Lipinski definition) is 2. The average molecular weight is 280 g/mol. The van der Waals surface area contributed by atoms with Gasteiger partial charge < -0.3 is 9.64 Å². The third kappa shape index (κ3) is 3.38. The molecule has 19 heavy (non-hydrogen) atoms. The lowest BCUT2D eigenvalue weighted by atomic mass is 10.2. The molecule has 0 bridgehead atoms. The zero-order valence-corrected chi connectivity index (χ0v) is 11.6. The van der Waals surface area contributed by atoms with Gasteiger partial charge in [-0.15, -0.1) is 0 Å². The monoisotopic (exact) mass is 279 g/mol. The van der Waals surface area contributed by atoms with Crippen LogP contribution in [-0.2, 0) is 0 Å². The van der Waals surface area contributed by atoms with Gasteiger partial charge in [-0.05, 0) is 43.3 Å². The van der Waals surface area contributed by atoms with Crippen molar-refractivity contribution in [2.45, 2.75) is 6.92 Å². The molecule has 0 radical (unpaired) electrons. The first-order valence-electron chi connectivity index (χ1n) is 6.04. The number of ether oxygens (including phenoxy) is 1. The lowest BCUT2D eigenvalue weighted by molar-refractivity contribution is 0.480. The van der Waals surface area contributed by atoms with Crippen LogP contribution in [0.3, 0.4) is 0 Å². The molecule has 2 nitrogen and oxygen atoms in total. The van der Waals surface area contributed by atoms with Gasteiger partial charge in [-0.2, -0.15) is 0 Å². The van der Waals surface area contributed by atoms with E-state index in [1.807, 2.05) is 18.9 Å². The van der Waals surface area contributed by atoms with E-state index in [-0.39, 0.29) is 5.82 Å². The van der Waals surface area contributed by atoms with Crippen LogP contribution in [0.5, 0.6) is 11.5 Å². The van der Waals surface area contributed by atoms with Crippen LogP contribution in [0, 0.1) is 5.82 Å².